The highest BCUT2D eigenvalue weighted by Gasteiger charge is 2.18. The van der Waals surface area contributed by atoms with E-state index in [4.69, 9.17) is 13.9 Å². The first kappa shape index (κ1) is 16.7. The standard InChI is InChI=1S/C19H17NO5S/c1-13-15-5-2-3-6-16(15)25-19(13)12-20-26(21,22)14-7-8-17-18(11-14)24-10-4-9-23-17/h2-3,5-8,11-12H,4,9-10H2,1H3/b20-12-. The van der Waals surface area contributed by atoms with Gasteiger partial charge in [-0.05, 0) is 25.1 Å². The van der Waals surface area contributed by atoms with Crippen molar-refractivity contribution in [2.24, 2.45) is 4.40 Å². The average molecular weight is 371 g/mol. The number of hydrogen-bond donors (Lipinski definition) is 0. The molecule has 1 aromatic heterocycles. The fourth-order valence-electron chi connectivity index (χ4n) is 2.80. The predicted octanol–water partition coefficient (Wildman–Crippen LogP) is 3.71. The number of aryl methyl sites for hydroxylation is 1. The van der Waals surface area contributed by atoms with Gasteiger partial charge in [-0.3, -0.25) is 0 Å². The number of sulfonamides is 1. The molecule has 0 radical (unpaired) electrons. The number of para-hydroxylation sites is 1. The summed E-state index contributed by atoms with van der Waals surface area (Å²) in [5.41, 5.74) is 1.54. The molecule has 3 aromatic rings. The van der Waals surface area contributed by atoms with E-state index in [0.717, 1.165) is 17.4 Å². The number of furan rings is 1. The van der Waals surface area contributed by atoms with E-state index >= 15 is 0 Å². The van der Waals surface area contributed by atoms with Gasteiger partial charge in [0.15, 0.2) is 11.5 Å². The van der Waals surface area contributed by atoms with E-state index in [-0.39, 0.29) is 4.90 Å². The molecule has 2 aromatic carbocycles. The monoisotopic (exact) mass is 371 g/mol. The third-order valence-electron chi connectivity index (χ3n) is 4.21. The van der Waals surface area contributed by atoms with Crippen LogP contribution >= 0.6 is 0 Å². The van der Waals surface area contributed by atoms with Crippen LogP contribution in [0.5, 0.6) is 11.5 Å². The number of hydrogen-bond acceptors (Lipinski definition) is 5. The van der Waals surface area contributed by atoms with Crippen molar-refractivity contribution in [1.82, 2.24) is 0 Å². The normalized spacial score (nSPS) is 14.7. The summed E-state index contributed by atoms with van der Waals surface area (Å²) in [4.78, 5) is 0.0479. The van der Waals surface area contributed by atoms with Crippen molar-refractivity contribution in [3.63, 3.8) is 0 Å². The Balaban J connectivity index is 1.67. The molecule has 7 heteroatoms. The first-order chi connectivity index (χ1) is 12.5. The predicted molar refractivity (Wildman–Crippen MR) is 97.8 cm³/mol. The third kappa shape index (κ3) is 3.06. The van der Waals surface area contributed by atoms with Crippen LogP contribution in [0.3, 0.4) is 0 Å². The quantitative estimate of drug-likeness (QED) is 0.656. The molecule has 0 N–H and O–H groups in total. The maximum absolute atomic E-state index is 12.6. The highest BCUT2D eigenvalue weighted by Crippen LogP contribution is 2.32. The molecule has 0 saturated heterocycles. The average Bonchev–Trinajstić information content (AvgIpc) is 2.82. The van der Waals surface area contributed by atoms with Crippen LogP contribution < -0.4 is 9.47 Å². The van der Waals surface area contributed by atoms with Crippen molar-refractivity contribution >= 4 is 27.2 Å². The highest BCUT2D eigenvalue weighted by atomic mass is 32.2. The number of ether oxygens (including phenoxy) is 2. The molecule has 134 valence electrons. The molecule has 0 amide bonds. The Bertz CT molecular complexity index is 1100. The van der Waals surface area contributed by atoms with Gasteiger partial charge in [-0.15, -0.1) is 0 Å². The van der Waals surface area contributed by atoms with Crippen LogP contribution in [0.25, 0.3) is 11.0 Å². The van der Waals surface area contributed by atoms with E-state index in [0.29, 0.717) is 36.1 Å². The lowest BCUT2D eigenvalue weighted by atomic mass is 10.1. The molecule has 0 spiro atoms. The van der Waals surface area contributed by atoms with Crippen molar-refractivity contribution in [3.05, 3.63) is 53.8 Å². The molecule has 4 rings (SSSR count). The summed E-state index contributed by atoms with van der Waals surface area (Å²) in [5, 5.41) is 0.932. The Kier molecular flexibility index (Phi) is 4.16. The van der Waals surface area contributed by atoms with E-state index in [9.17, 15) is 8.42 Å². The topological polar surface area (TPSA) is 78.1 Å². The lowest BCUT2D eigenvalue weighted by molar-refractivity contribution is 0.297. The number of rotatable bonds is 3. The second-order valence-electron chi connectivity index (χ2n) is 5.96. The van der Waals surface area contributed by atoms with Gasteiger partial charge in [0.2, 0.25) is 0 Å². The van der Waals surface area contributed by atoms with Gasteiger partial charge in [0.1, 0.15) is 11.3 Å². The molecule has 0 saturated carbocycles. The number of nitrogens with zero attached hydrogens (tertiary/aromatic N) is 1. The van der Waals surface area contributed by atoms with Crippen molar-refractivity contribution in [2.45, 2.75) is 18.2 Å². The largest absolute Gasteiger partial charge is 0.490 e. The molecule has 0 aliphatic carbocycles. The molecule has 0 fully saturated rings. The van der Waals surface area contributed by atoms with E-state index in [2.05, 4.69) is 4.40 Å². The van der Waals surface area contributed by atoms with Crippen LogP contribution in [0.2, 0.25) is 0 Å². The maximum atomic E-state index is 12.6. The summed E-state index contributed by atoms with van der Waals surface area (Å²) in [6.07, 6.45) is 1.99. The minimum Gasteiger partial charge on any atom is -0.490 e. The van der Waals surface area contributed by atoms with Crippen molar-refractivity contribution in [3.8, 4) is 11.5 Å². The van der Waals surface area contributed by atoms with E-state index in [1.54, 1.807) is 6.07 Å². The number of benzene rings is 2. The summed E-state index contributed by atoms with van der Waals surface area (Å²) in [5.74, 6) is 1.38. The summed E-state index contributed by atoms with van der Waals surface area (Å²) in [7, 11) is -3.88. The number of fused-ring (bicyclic) bond motifs is 2. The molecule has 0 bridgehead atoms. The van der Waals surface area contributed by atoms with Crippen molar-refractivity contribution in [2.75, 3.05) is 13.2 Å². The zero-order valence-electron chi connectivity index (χ0n) is 14.1. The summed E-state index contributed by atoms with van der Waals surface area (Å²) < 4.78 is 45.7. The zero-order chi connectivity index (χ0) is 18.1. The Hall–Kier alpha value is -2.80. The van der Waals surface area contributed by atoms with Gasteiger partial charge in [0.25, 0.3) is 10.0 Å². The smallest absolute Gasteiger partial charge is 0.282 e. The Morgan fingerprint density at radius 1 is 1.04 bits per heavy atom. The van der Waals surface area contributed by atoms with Crippen LogP contribution in [0.4, 0.5) is 0 Å². The highest BCUT2D eigenvalue weighted by molar-refractivity contribution is 7.90. The summed E-state index contributed by atoms with van der Waals surface area (Å²) in [6, 6.07) is 12.0. The molecular weight excluding hydrogens is 354 g/mol. The molecule has 2 heterocycles. The molecule has 26 heavy (non-hydrogen) atoms. The second-order valence-corrected chi connectivity index (χ2v) is 7.59. The SMILES string of the molecule is Cc1c(/C=N\S(=O)(=O)c2ccc3c(c2)OCCCO3)oc2ccccc12. The molecule has 6 nitrogen and oxygen atoms in total. The lowest BCUT2D eigenvalue weighted by Crippen LogP contribution is -2.00. The van der Waals surface area contributed by atoms with Gasteiger partial charge < -0.3 is 13.9 Å². The molecule has 0 unspecified atom stereocenters. The van der Waals surface area contributed by atoms with Gasteiger partial charge in [0.05, 0.1) is 24.3 Å². The van der Waals surface area contributed by atoms with Gasteiger partial charge >= 0.3 is 0 Å². The van der Waals surface area contributed by atoms with E-state index in [1.807, 2.05) is 31.2 Å². The molecular formula is C19H17NO5S. The van der Waals surface area contributed by atoms with Crippen LogP contribution in [0.1, 0.15) is 17.7 Å². The van der Waals surface area contributed by atoms with E-state index < -0.39 is 10.0 Å². The zero-order valence-corrected chi connectivity index (χ0v) is 15.0. The van der Waals surface area contributed by atoms with Gasteiger partial charge in [-0.2, -0.15) is 12.8 Å². The third-order valence-corrected chi connectivity index (χ3v) is 5.44. The summed E-state index contributed by atoms with van der Waals surface area (Å²) in [6.45, 7) is 2.90. The van der Waals surface area contributed by atoms with Crippen LogP contribution in [-0.4, -0.2) is 27.8 Å². The van der Waals surface area contributed by atoms with Gasteiger partial charge in [0, 0.05) is 23.4 Å². The Labute approximate surface area is 151 Å². The first-order valence-corrected chi connectivity index (χ1v) is 9.67. The first-order valence-electron chi connectivity index (χ1n) is 8.23. The van der Waals surface area contributed by atoms with E-state index in [1.165, 1.54) is 18.3 Å². The Morgan fingerprint density at radius 2 is 1.81 bits per heavy atom. The molecule has 1 aliphatic heterocycles. The molecule has 0 atom stereocenters. The van der Waals surface area contributed by atoms with Gasteiger partial charge in [-0.1, -0.05) is 18.2 Å². The van der Waals surface area contributed by atoms with Crippen molar-refractivity contribution < 1.29 is 22.3 Å². The minimum atomic E-state index is -3.88. The van der Waals surface area contributed by atoms with Crippen LogP contribution in [0, 0.1) is 6.92 Å². The lowest BCUT2D eigenvalue weighted by Gasteiger charge is -2.08. The summed E-state index contributed by atoms with van der Waals surface area (Å²) >= 11 is 0. The van der Waals surface area contributed by atoms with Gasteiger partial charge in [-0.25, -0.2) is 0 Å². The van der Waals surface area contributed by atoms with Crippen molar-refractivity contribution in [1.29, 1.82) is 0 Å². The fraction of sp³-hybridized carbons (Fsp3) is 0.211. The van der Waals surface area contributed by atoms with Crippen LogP contribution in [-0.2, 0) is 10.0 Å². The Morgan fingerprint density at radius 3 is 2.62 bits per heavy atom. The van der Waals surface area contributed by atoms with Crippen LogP contribution in [0.15, 0.2) is 56.2 Å². The minimum absolute atomic E-state index is 0.0479. The second kappa shape index (κ2) is 6.49. The fourth-order valence-corrected chi connectivity index (χ4v) is 3.65. The maximum Gasteiger partial charge on any atom is 0.282 e. The molecule has 1 aliphatic rings.